The second-order valence-corrected chi connectivity index (χ2v) is 5.86. The van der Waals surface area contributed by atoms with Crippen molar-refractivity contribution in [2.75, 3.05) is 26.2 Å². The highest BCUT2D eigenvalue weighted by Gasteiger charge is 2.24. The first-order valence-corrected chi connectivity index (χ1v) is 8.03. The van der Waals surface area contributed by atoms with E-state index >= 15 is 0 Å². The molecule has 0 atom stereocenters. The fourth-order valence-corrected chi connectivity index (χ4v) is 2.99. The summed E-state index contributed by atoms with van der Waals surface area (Å²) in [6.45, 7) is 2.67. The quantitative estimate of drug-likeness (QED) is 0.941. The van der Waals surface area contributed by atoms with E-state index in [1.54, 1.807) is 22.3 Å². The zero-order chi connectivity index (χ0) is 15.4. The number of urea groups is 1. The summed E-state index contributed by atoms with van der Waals surface area (Å²) in [6.07, 6.45) is 3.19. The molecule has 1 saturated heterocycles. The summed E-state index contributed by atoms with van der Waals surface area (Å²) in [5.74, 6) is 0.0414. The Labute approximate surface area is 132 Å². The van der Waals surface area contributed by atoms with Gasteiger partial charge >= 0.3 is 6.03 Å². The van der Waals surface area contributed by atoms with Crippen LogP contribution in [0.15, 0.2) is 39.8 Å². The summed E-state index contributed by atoms with van der Waals surface area (Å²) in [5.41, 5.74) is 1.66. The van der Waals surface area contributed by atoms with Crippen molar-refractivity contribution in [3.63, 3.8) is 0 Å². The first-order valence-electron chi connectivity index (χ1n) is 7.09. The van der Waals surface area contributed by atoms with Gasteiger partial charge in [-0.25, -0.2) is 4.79 Å². The fraction of sp³-hybridized carbons (Fsp3) is 0.333. The number of carbonyl (C=O) groups excluding carboxylic acids is 2. The number of piperazine rings is 1. The first-order chi connectivity index (χ1) is 10.7. The van der Waals surface area contributed by atoms with Gasteiger partial charge in [-0.3, -0.25) is 4.79 Å². The average molecular weight is 319 g/mol. The predicted molar refractivity (Wildman–Crippen MR) is 82.7 cm³/mol. The van der Waals surface area contributed by atoms with Gasteiger partial charge in [0.1, 0.15) is 0 Å². The summed E-state index contributed by atoms with van der Waals surface area (Å²) in [6, 6.07) is 3.54. The van der Waals surface area contributed by atoms with E-state index in [0.717, 1.165) is 11.1 Å². The topological polar surface area (TPSA) is 65.8 Å². The molecular weight excluding hydrogens is 302 g/mol. The molecule has 116 valence electrons. The van der Waals surface area contributed by atoms with E-state index in [1.165, 1.54) is 11.3 Å². The zero-order valence-corrected chi connectivity index (χ0v) is 12.8. The van der Waals surface area contributed by atoms with Gasteiger partial charge in [-0.15, -0.1) is 0 Å². The van der Waals surface area contributed by atoms with Crippen LogP contribution < -0.4 is 5.32 Å². The summed E-state index contributed by atoms with van der Waals surface area (Å²) in [4.78, 5) is 27.8. The summed E-state index contributed by atoms with van der Waals surface area (Å²) < 4.78 is 4.96. The molecule has 3 heterocycles. The Morgan fingerprint density at radius 3 is 2.59 bits per heavy atom. The third kappa shape index (κ3) is 3.30. The van der Waals surface area contributed by atoms with Crippen molar-refractivity contribution in [3.8, 4) is 0 Å². The molecule has 1 aliphatic heterocycles. The summed E-state index contributed by atoms with van der Waals surface area (Å²) in [7, 11) is 0. The van der Waals surface area contributed by atoms with Crippen LogP contribution in [0.3, 0.4) is 0 Å². The van der Waals surface area contributed by atoms with Crippen molar-refractivity contribution in [3.05, 3.63) is 46.5 Å². The maximum atomic E-state index is 12.2. The lowest BCUT2D eigenvalue weighted by atomic mass is 10.2. The van der Waals surface area contributed by atoms with Gasteiger partial charge < -0.3 is 19.5 Å². The van der Waals surface area contributed by atoms with Gasteiger partial charge in [0.05, 0.1) is 18.1 Å². The monoisotopic (exact) mass is 319 g/mol. The summed E-state index contributed by atoms with van der Waals surface area (Å²) >= 11 is 1.51. The molecule has 0 aromatic carbocycles. The van der Waals surface area contributed by atoms with E-state index in [2.05, 4.69) is 5.32 Å². The Balaban J connectivity index is 1.47. The van der Waals surface area contributed by atoms with Crippen molar-refractivity contribution in [2.24, 2.45) is 0 Å². The van der Waals surface area contributed by atoms with Crippen LogP contribution >= 0.6 is 11.3 Å². The maximum Gasteiger partial charge on any atom is 0.317 e. The number of nitrogens with zero attached hydrogens (tertiary/aromatic N) is 2. The van der Waals surface area contributed by atoms with Crippen LogP contribution in [0.2, 0.25) is 0 Å². The fourth-order valence-electron chi connectivity index (χ4n) is 2.36. The van der Waals surface area contributed by atoms with Crippen LogP contribution in [0.25, 0.3) is 0 Å². The number of thiophene rings is 1. The van der Waals surface area contributed by atoms with Crippen LogP contribution in [0, 0.1) is 0 Å². The normalized spacial score (nSPS) is 14.9. The molecule has 2 aromatic heterocycles. The average Bonchev–Trinajstić information content (AvgIpc) is 3.25. The second-order valence-electron chi connectivity index (χ2n) is 5.08. The molecule has 0 spiro atoms. The lowest BCUT2D eigenvalue weighted by Gasteiger charge is -2.34. The highest BCUT2D eigenvalue weighted by atomic mass is 32.1. The van der Waals surface area contributed by atoms with Crippen molar-refractivity contribution in [1.82, 2.24) is 15.1 Å². The minimum Gasteiger partial charge on any atom is -0.472 e. The Hall–Kier alpha value is -2.28. The standard InChI is InChI=1S/C15H17N3O3S/c19-14(13-2-8-22-11-13)17-3-5-18(6-4-17)15(20)16-9-12-1-7-21-10-12/h1-2,7-8,10-11H,3-6,9H2,(H,16,20). The van der Waals surface area contributed by atoms with Gasteiger partial charge in [-0.1, -0.05) is 0 Å². The number of amides is 3. The zero-order valence-electron chi connectivity index (χ0n) is 12.0. The van der Waals surface area contributed by atoms with Crippen molar-refractivity contribution < 1.29 is 14.0 Å². The minimum atomic E-state index is -0.108. The molecule has 0 saturated carbocycles. The molecule has 6 nitrogen and oxygen atoms in total. The molecule has 1 fully saturated rings. The van der Waals surface area contributed by atoms with Gasteiger partial charge in [0.25, 0.3) is 5.91 Å². The van der Waals surface area contributed by atoms with E-state index in [-0.39, 0.29) is 11.9 Å². The Morgan fingerprint density at radius 1 is 1.18 bits per heavy atom. The predicted octanol–water partition coefficient (Wildman–Crippen LogP) is 2.01. The van der Waals surface area contributed by atoms with Crippen molar-refractivity contribution in [1.29, 1.82) is 0 Å². The smallest absolute Gasteiger partial charge is 0.317 e. The van der Waals surface area contributed by atoms with Gasteiger partial charge in [-0.05, 0) is 17.5 Å². The van der Waals surface area contributed by atoms with Gasteiger partial charge in [-0.2, -0.15) is 11.3 Å². The third-order valence-corrected chi connectivity index (χ3v) is 4.33. The van der Waals surface area contributed by atoms with Crippen LogP contribution in [0.1, 0.15) is 15.9 Å². The molecule has 3 amide bonds. The highest BCUT2D eigenvalue weighted by molar-refractivity contribution is 7.08. The number of rotatable bonds is 3. The number of hydrogen-bond donors (Lipinski definition) is 1. The first kappa shape index (κ1) is 14.6. The van der Waals surface area contributed by atoms with Crippen molar-refractivity contribution in [2.45, 2.75) is 6.54 Å². The number of hydrogen-bond acceptors (Lipinski definition) is 4. The van der Waals surface area contributed by atoms with E-state index < -0.39 is 0 Å². The molecule has 22 heavy (non-hydrogen) atoms. The molecule has 7 heteroatoms. The lowest BCUT2D eigenvalue weighted by molar-refractivity contribution is 0.0665. The lowest BCUT2D eigenvalue weighted by Crippen LogP contribution is -2.53. The Bertz CT molecular complexity index is 617. The van der Waals surface area contributed by atoms with E-state index in [0.29, 0.717) is 32.7 Å². The minimum absolute atomic E-state index is 0.0414. The number of nitrogens with one attached hydrogen (secondary N) is 1. The Morgan fingerprint density at radius 2 is 1.95 bits per heavy atom. The molecule has 0 radical (unpaired) electrons. The van der Waals surface area contributed by atoms with Gasteiger partial charge in [0.15, 0.2) is 0 Å². The maximum absolute atomic E-state index is 12.2. The third-order valence-electron chi connectivity index (χ3n) is 3.65. The van der Waals surface area contributed by atoms with E-state index in [4.69, 9.17) is 4.42 Å². The second kappa shape index (κ2) is 6.65. The molecule has 0 bridgehead atoms. The van der Waals surface area contributed by atoms with E-state index in [1.807, 2.05) is 22.9 Å². The van der Waals surface area contributed by atoms with Crippen LogP contribution in [-0.2, 0) is 6.54 Å². The van der Waals surface area contributed by atoms with Crippen LogP contribution in [0.5, 0.6) is 0 Å². The highest BCUT2D eigenvalue weighted by Crippen LogP contribution is 2.12. The molecule has 1 aliphatic rings. The molecule has 0 aliphatic carbocycles. The van der Waals surface area contributed by atoms with Crippen molar-refractivity contribution >= 4 is 23.3 Å². The van der Waals surface area contributed by atoms with Gasteiger partial charge in [0, 0.05) is 43.7 Å². The molecule has 0 unspecified atom stereocenters. The molecule has 3 rings (SSSR count). The van der Waals surface area contributed by atoms with E-state index in [9.17, 15) is 9.59 Å². The summed E-state index contributed by atoms with van der Waals surface area (Å²) in [5, 5.41) is 6.60. The molecule has 1 N–H and O–H groups in total. The number of furan rings is 1. The number of carbonyl (C=O) groups is 2. The van der Waals surface area contributed by atoms with Crippen LogP contribution in [-0.4, -0.2) is 47.9 Å². The SMILES string of the molecule is O=C(NCc1ccoc1)N1CCN(C(=O)c2ccsc2)CC1. The molecular formula is C15H17N3O3S. The van der Waals surface area contributed by atoms with Crippen LogP contribution in [0.4, 0.5) is 4.79 Å². The largest absolute Gasteiger partial charge is 0.472 e. The molecule has 2 aromatic rings. The Kier molecular flexibility index (Phi) is 4.43. The van der Waals surface area contributed by atoms with Gasteiger partial charge in [0.2, 0.25) is 0 Å².